The molecule has 2 atom stereocenters. The first-order valence-corrected chi connectivity index (χ1v) is 8.94. The fraction of sp³-hybridized carbons (Fsp3) is 0.357. The molecular weight excluding hydrogens is 320 g/mol. The maximum absolute atomic E-state index is 12.9. The van der Waals surface area contributed by atoms with Gasteiger partial charge in [0.05, 0.1) is 29.7 Å². The van der Waals surface area contributed by atoms with Gasteiger partial charge in [-0.1, -0.05) is 12.1 Å². The Morgan fingerprint density at radius 3 is 2.87 bits per heavy atom. The lowest BCUT2D eigenvalue weighted by Crippen LogP contribution is -2.31. The van der Waals surface area contributed by atoms with Crippen molar-refractivity contribution in [3.05, 3.63) is 42.0 Å². The van der Waals surface area contributed by atoms with Gasteiger partial charge in [-0.15, -0.1) is 10.2 Å². The lowest BCUT2D eigenvalue weighted by atomic mass is 10.1. The first-order chi connectivity index (χ1) is 10.9. The van der Waals surface area contributed by atoms with Crippen molar-refractivity contribution in [1.29, 1.82) is 0 Å². The van der Waals surface area contributed by atoms with Crippen LogP contribution in [0.2, 0.25) is 0 Å². The lowest BCUT2D eigenvalue weighted by Gasteiger charge is -2.20. The Hall–Kier alpha value is -2.26. The van der Waals surface area contributed by atoms with Gasteiger partial charge < -0.3 is 4.90 Å². The van der Waals surface area contributed by atoms with Crippen molar-refractivity contribution < 1.29 is 17.4 Å². The molecule has 1 aromatic heterocycles. The van der Waals surface area contributed by atoms with Gasteiger partial charge in [-0.2, -0.15) is 8.42 Å². The number of carbonyl (C=O) groups is 1. The number of benzene rings is 1. The van der Waals surface area contributed by atoms with Gasteiger partial charge in [0.2, 0.25) is 0 Å². The Balaban J connectivity index is 1.80. The first-order valence-electron chi connectivity index (χ1n) is 7.12. The number of hydrogen-bond acceptors (Lipinski definition) is 6. The molecule has 0 aliphatic carbocycles. The molecule has 1 aromatic carbocycles. The molecule has 3 heterocycles. The van der Waals surface area contributed by atoms with Crippen molar-refractivity contribution in [2.45, 2.75) is 18.6 Å². The topological polar surface area (TPSA) is 94.4 Å². The molecule has 8 nitrogen and oxygen atoms in total. The highest BCUT2D eigenvalue weighted by atomic mass is 32.2. The van der Waals surface area contributed by atoms with Gasteiger partial charge >= 0.3 is 0 Å². The number of amides is 1. The van der Waals surface area contributed by atoms with Crippen LogP contribution in [-0.4, -0.2) is 52.9 Å². The average Bonchev–Trinajstić information content (AvgIpc) is 3.09. The number of aromatic nitrogens is 3. The summed E-state index contributed by atoms with van der Waals surface area (Å²) in [5, 5.41) is 8.08. The van der Waals surface area contributed by atoms with Crippen LogP contribution in [0, 0.1) is 0 Å². The Kier molecular flexibility index (Phi) is 3.03. The number of para-hydroxylation sites is 1. The second kappa shape index (κ2) is 4.87. The predicted octanol–water partition coefficient (Wildman–Crippen LogP) is 0.513. The number of hydrogen-bond donors (Lipinski definition) is 0. The Bertz CT molecular complexity index is 892. The quantitative estimate of drug-likeness (QED) is 0.743. The van der Waals surface area contributed by atoms with E-state index >= 15 is 0 Å². The van der Waals surface area contributed by atoms with E-state index in [1.807, 2.05) is 12.1 Å². The molecule has 4 rings (SSSR count). The SMILES string of the molecule is CS(=O)(=O)O[C@@H]1C[C@H]2c3nncn3-c3ccccc3C(=O)N2C1. The summed E-state index contributed by atoms with van der Waals surface area (Å²) in [6.07, 6.45) is 2.37. The molecule has 0 unspecified atom stereocenters. The van der Waals surface area contributed by atoms with E-state index in [0.717, 1.165) is 11.9 Å². The van der Waals surface area contributed by atoms with Gasteiger partial charge in [0, 0.05) is 13.0 Å². The van der Waals surface area contributed by atoms with Gasteiger partial charge in [-0.05, 0) is 12.1 Å². The molecule has 1 fully saturated rings. The minimum atomic E-state index is -3.58. The third kappa shape index (κ3) is 2.32. The average molecular weight is 334 g/mol. The first kappa shape index (κ1) is 14.3. The summed E-state index contributed by atoms with van der Waals surface area (Å²) >= 11 is 0. The summed E-state index contributed by atoms with van der Waals surface area (Å²) < 4.78 is 29.6. The smallest absolute Gasteiger partial charge is 0.264 e. The molecule has 2 aliphatic heterocycles. The molecule has 2 aliphatic rings. The van der Waals surface area contributed by atoms with E-state index in [-0.39, 0.29) is 18.5 Å². The highest BCUT2D eigenvalue weighted by molar-refractivity contribution is 7.86. The van der Waals surface area contributed by atoms with Crippen molar-refractivity contribution in [3.63, 3.8) is 0 Å². The highest BCUT2D eigenvalue weighted by Gasteiger charge is 2.43. The van der Waals surface area contributed by atoms with Crippen LogP contribution in [0.3, 0.4) is 0 Å². The van der Waals surface area contributed by atoms with Crippen LogP contribution in [0.4, 0.5) is 0 Å². The molecule has 9 heteroatoms. The normalized spacial score (nSPS) is 23.2. The number of nitrogens with zero attached hydrogens (tertiary/aromatic N) is 4. The molecule has 0 bridgehead atoms. The summed E-state index contributed by atoms with van der Waals surface area (Å²) in [5.41, 5.74) is 1.27. The number of carbonyl (C=O) groups excluding carboxylic acids is 1. The molecule has 2 aromatic rings. The molecule has 1 amide bonds. The highest BCUT2D eigenvalue weighted by Crippen LogP contribution is 2.38. The van der Waals surface area contributed by atoms with E-state index in [2.05, 4.69) is 10.2 Å². The standard InChI is InChI=1S/C14H14N4O4S/c1-23(20,21)22-9-6-12-13-16-15-8-18(13)11-5-3-2-4-10(11)14(19)17(12)7-9/h2-5,8-9,12H,6-7H2,1H3/t9-,12+/m1/s1. The zero-order valence-electron chi connectivity index (χ0n) is 12.3. The van der Waals surface area contributed by atoms with E-state index in [0.29, 0.717) is 17.8 Å². The third-order valence-electron chi connectivity index (χ3n) is 4.10. The molecule has 0 radical (unpaired) electrons. The van der Waals surface area contributed by atoms with Crippen LogP contribution in [0.5, 0.6) is 0 Å². The molecule has 120 valence electrons. The minimum absolute atomic E-state index is 0.157. The van der Waals surface area contributed by atoms with Gasteiger partial charge in [0.25, 0.3) is 16.0 Å². The minimum Gasteiger partial charge on any atom is -0.326 e. The monoisotopic (exact) mass is 334 g/mol. The zero-order valence-corrected chi connectivity index (χ0v) is 13.1. The summed E-state index contributed by atoms with van der Waals surface area (Å²) in [5.74, 6) is 0.457. The molecule has 0 N–H and O–H groups in total. The molecule has 23 heavy (non-hydrogen) atoms. The molecule has 1 saturated heterocycles. The van der Waals surface area contributed by atoms with E-state index in [1.54, 1.807) is 27.9 Å². The second-order valence-electron chi connectivity index (χ2n) is 5.71. The van der Waals surface area contributed by atoms with Crippen LogP contribution < -0.4 is 0 Å². The summed E-state index contributed by atoms with van der Waals surface area (Å²) in [7, 11) is -3.58. The van der Waals surface area contributed by atoms with Crippen molar-refractivity contribution in [3.8, 4) is 5.69 Å². The van der Waals surface area contributed by atoms with Crippen LogP contribution in [0.25, 0.3) is 5.69 Å². The van der Waals surface area contributed by atoms with Gasteiger partial charge in [-0.25, -0.2) is 0 Å². The maximum atomic E-state index is 12.9. The summed E-state index contributed by atoms with van der Waals surface area (Å²) in [6, 6.07) is 6.87. The molecule has 0 spiro atoms. The van der Waals surface area contributed by atoms with Gasteiger partial charge in [0.1, 0.15) is 6.33 Å². The third-order valence-corrected chi connectivity index (χ3v) is 4.72. The van der Waals surface area contributed by atoms with Crippen LogP contribution >= 0.6 is 0 Å². The van der Waals surface area contributed by atoms with Crippen molar-refractivity contribution in [1.82, 2.24) is 19.7 Å². The number of fused-ring (bicyclic) bond motifs is 5. The Morgan fingerprint density at radius 1 is 1.30 bits per heavy atom. The molecule has 0 saturated carbocycles. The van der Waals surface area contributed by atoms with Crippen LogP contribution in [0.1, 0.15) is 28.6 Å². The fourth-order valence-corrected chi connectivity index (χ4v) is 3.89. The number of rotatable bonds is 2. The van der Waals surface area contributed by atoms with E-state index in [9.17, 15) is 13.2 Å². The van der Waals surface area contributed by atoms with E-state index in [4.69, 9.17) is 4.18 Å². The largest absolute Gasteiger partial charge is 0.326 e. The van der Waals surface area contributed by atoms with Crippen LogP contribution in [-0.2, 0) is 14.3 Å². The van der Waals surface area contributed by atoms with Crippen molar-refractivity contribution in [2.75, 3.05) is 12.8 Å². The lowest BCUT2D eigenvalue weighted by molar-refractivity contribution is 0.0722. The van der Waals surface area contributed by atoms with E-state index in [1.165, 1.54) is 0 Å². The maximum Gasteiger partial charge on any atom is 0.264 e. The zero-order chi connectivity index (χ0) is 16.2. The summed E-state index contributed by atoms with van der Waals surface area (Å²) in [4.78, 5) is 14.5. The predicted molar refractivity (Wildman–Crippen MR) is 79.5 cm³/mol. The Morgan fingerprint density at radius 2 is 2.09 bits per heavy atom. The fourth-order valence-electron chi connectivity index (χ4n) is 3.26. The van der Waals surface area contributed by atoms with Gasteiger partial charge in [0.15, 0.2) is 5.82 Å². The van der Waals surface area contributed by atoms with Crippen LogP contribution in [0.15, 0.2) is 30.6 Å². The van der Waals surface area contributed by atoms with Gasteiger partial charge in [-0.3, -0.25) is 13.5 Å². The Labute approximate surface area is 132 Å². The molecular formula is C14H14N4O4S. The second-order valence-corrected chi connectivity index (χ2v) is 7.31. The summed E-state index contributed by atoms with van der Waals surface area (Å²) in [6.45, 7) is 0.206. The van der Waals surface area contributed by atoms with Crippen molar-refractivity contribution >= 4 is 16.0 Å². The van der Waals surface area contributed by atoms with E-state index < -0.39 is 16.2 Å². The van der Waals surface area contributed by atoms with Crippen molar-refractivity contribution in [2.24, 2.45) is 0 Å².